The smallest absolute Gasteiger partial charge is 0.858 e. The second-order valence-corrected chi connectivity index (χ2v) is 14.7. The summed E-state index contributed by atoms with van der Waals surface area (Å²) >= 11 is 0. The fourth-order valence-electron chi connectivity index (χ4n) is 7.62. The van der Waals surface area contributed by atoms with Crippen molar-refractivity contribution in [1.82, 2.24) is 19.6 Å². The Morgan fingerprint density at radius 2 is 0.714 bits per heavy atom. The molecule has 0 spiro atoms. The molecule has 0 atom stereocenters. The minimum absolute atomic E-state index is 0. The molecule has 2 heterocycles. The van der Waals surface area contributed by atoms with Gasteiger partial charge in [-0.2, -0.15) is 10.2 Å². The molecular formula is C54H40CuN6O2. The normalized spacial score (nSPS) is 11.5. The van der Waals surface area contributed by atoms with E-state index in [-0.39, 0.29) is 28.8 Å². The summed E-state index contributed by atoms with van der Waals surface area (Å²) in [4.78, 5) is 10.0. The fourth-order valence-corrected chi connectivity index (χ4v) is 7.62. The number of aliphatic imine (C=N–C) groups is 2. The summed E-state index contributed by atoms with van der Waals surface area (Å²) in [6.07, 6.45) is 0. The molecule has 1 radical (unpaired) electrons. The Hall–Kier alpha value is -7.84. The molecule has 8 nitrogen and oxygen atoms in total. The molecule has 0 aliphatic rings. The van der Waals surface area contributed by atoms with E-state index in [1.165, 1.54) is 9.36 Å². The van der Waals surface area contributed by atoms with Crippen molar-refractivity contribution >= 4 is 44.3 Å². The summed E-state index contributed by atoms with van der Waals surface area (Å²) in [7, 11) is 0. The standard InChI is InChI=1S/2C27H21N3O.Cu/c2*1-19-25(27(31)30(29-19)22-15-6-3-7-16-22)26(21-12-4-2-5-13-21)28-24-18-10-14-20-11-8-9-17-23(20)24;/h2*2-18,31H,1H3;/q;;+2/p-2. The quantitative estimate of drug-likeness (QED) is 0.112. The van der Waals surface area contributed by atoms with Crippen molar-refractivity contribution in [1.29, 1.82) is 0 Å². The predicted octanol–water partition coefficient (Wildman–Crippen LogP) is 11.2. The van der Waals surface area contributed by atoms with Crippen LogP contribution >= 0.6 is 0 Å². The zero-order valence-corrected chi connectivity index (χ0v) is 35.4. The summed E-state index contributed by atoms with van der Waals surface area (Å²) < 4.78 is 2.90. The van der Waals surface area contributed by atoms with E-state index in [1.54, 1.807) is 0 Å². The van der Waals surface area contributed by atoms with Crippen LogP contribution in [-0.2, 0) is 17.1 Å². The van der Waals surface area contributed by atoms with Gasteiger partial charge in [0, 0.05) is 44.8 Å². The van der Waals surface area contributed by atoms with Gasteiger partial charge in [-0.05, 0) is 61.0 Å². The van der Waals surface area contributed by atoms with Gasteiger partial charge in [0.2, 0.25) is 0 Å². The Morgan fingerprint density at radius 3 is 1.10 bits per heavy atom. The van der Waals surface area contributed by atoms with E-state index >= 15 is 0 Å². The second-order valence-electron chi connectivity index (χ2n) is 14.7. The summed E-state index contributed by atoms with van der Waals surface area (Å²) in [5, 5.41) is 40.4. The van der Waals surface area contributed by atoms with Crippen molar-refractivity contribution in [3.63, 3.8) is 0 Å². The van der Waals surface area contributed by atoms with Gasteiger partial charge in [0.1, 0.15) is 0 Å². The van der Waals surface area contributed by atoms with Crippen LogP contribution in [0.15, 0.2) is 216 Å². The predicted molar refractivity (Wildman–Crippen MR) is 247 cm³/mol. The molecule has 309 valence electrons. The summed E-state index contributed by atoms with van der Waals surface area (Å²) in [6.45, 7) is 3.72. The summed E-state index contributed by atoms with van der Waals surface area (Å²) in [5.41, 5.74) is 8.46. The molecule has 9 heteroatoms. The van der Waals surface area contributed by atoms with Crippen LogP contribution < -0.4 is 10.2 Å². The van der Waals surface area contributed by atoms with Gasteiger partial charge in [0.25, 0.3) is 0 Å². The van der Waals surface area contributed by atoms with Crippen molar-refractivity contribution < 1.29 is 27.3 Å². The Bertz CT molecular complexity index is 2990. The van der Waals surface area contributed by atoms with Gasteiger partial charge < -0.3 is 10.2 Å². The molecule has 8 aromatic carbocycles. The van der Waals surface area contributed by atoms with Gasteiger partial charge in [0.15, 0.2) is 0 Å². The van der Waals surface area contributed by atoms with Crippen LogP contribution in [0.3, 0.4) is 0 Å². The molecule has 0 unspecified atom stereocenters. The first-order valence-electron chi connectivity index (χ1n) is 20.3. The van der Waals surface area contributed by atoms with Crippen LogP contribution in [0.25, 0.3) is 32.9 Å². The van der Waals surface area contributed by atoms with Crippen LogP contribution in [0.5, 0.6) is 11.8 Å². The molecule has 0 aliphatic heterocycles. The molecule has 0 amide bonds. The first kappa shape index (κ1) is 41.9. The number of nitrogens with zero attached hydrogens (tertiary/aromatic N) is 6. The SMILES string of the molecule is Cc1nn(-c2ccccc2)c([O-])c1C(=Nc1cccc2ccccc12)c1ccccc1.Cc1nn(-c2ccccc2)c([O-])c1C(=Nc1cccc2ccccc12)c1ccccc1.[Cu+2]. The van der Waals surface area contributed by atoms with Crippen molar-refractivity contribution in [3.05, 3.63) is 240 Å². The Kier molecular flexibility index (Phi) is 12.5. The average molecular weight is 869 g/mol. The van der Waals surface area contributed by atoms with E-state index in [1.807, 2.05) is 184 Å². The second kappa shape index (κ2) is 18.8. The van der Waals surface area contributed by atoms with E-state index < -0.39 is 0 Å². The molecule has 0 aliphatic carbocycles. The first-order chi connectivity index (χ1) is 30.4. The van der Waals surface area contributed by atoms with Crippen LogP contribution in [-0.4, -0.2) is 31.0 Å². The minimum atomic E-state index is -0.175. The zero-order valence-electron chi connectivity index (χ0n) is 34.4. The third-order valence-corrected chi connectivity index (χ3v) is 10.6. The van der Waals surface area contributed by atoms with Crippen LogP contribution in [0.1, 0.15) is 33.6 Å². The molecule has 0 fully saturated rings. The molecule has 63 heavy (non-hydrogen) atoms. The van der Waals surface area contributed by atoms with Gasteiger partial charge in [-0.15, -0.1) is 0 Å². The number of aryl methyl sites for hydroxylation is 2. The Labute approximate surface area is 376 Å². The molecule has 0 saturated carbocycles. The zero-order chi connectivity index (χ0) is 42.4. The molecule has 0 bridgehead atoms. The van der Waals surface area contributed by atoms with Crippen LogP contribution in [0, 0.1) is 13.8 Å². The van der Waals surface area contributed by atoms with E-state index in [4.69, 9.17) is 9.98 Å². The van der Waals surface area contributed by atoms with Crippen LogP contribution in [0.4, 0.5) is 11.4 Å². The van der Waals surface area contributed by atoms with Crippen LogP contribution in [0.2, 0.25) is 0 Å². The van der Waals surface area contributed by atoms with E-state index in [9.17, 15) is 10.2 Å². The number of fused-ring (bicyclic) bond motifs is 2. The Morgan fingerprint density at radius 1 is 0.397 bits per heavy atom. The molecule has 0 N–H and O–H groups in total. The van der Waals surface area contributed by atoms with Crippen molar-refractivity contribution in [2.24, 2.45) is 9.98 Å². The van der Waals surface area contributed by atoms with Crippen molar-refractivity contribution in [3.8, 4) is 23.1 Å². The number of aromatic nitrogens is 4. The van der Waals surface area contributed by atoms with Gasteiger partial charge in [0.05, 0.1) is 45.6 Å². The van der Waals surface area contributed by atoms with E-state index in [2.05, 4.69) is 46.6 Å². The largest absolute Gasteiger partial charge is 2.00 e. The van der Waals surface area contributed by atoms with Crippen molar-refractivity contribution in [2.45, 2.75) is 13.8 Å². The molecule has 0 saturated heterocycles. The number of para-hydroxylation sites is 2. The van der Waals surface area contributed by atoms with Gasteiger partial charge in [-0.3, -0.25) is 0 Å². The molecule has 10 rings (SSSR count). The maximum Gasteiger partial charge on any atom is 2.00 e. The fraction of sp³-hybridized carbons (Fsp3) is 0.0370. The third-order valence-electron chi connectivity index (χ3n) is 10.6. The summed E-state index contributed by atoms with van der Waals surface area (Å²) in [6, 6.07) is 66.9. The number of benzene rings is 8. The van der Waals surface area contributed by atoms with E-state index in [0.29, 0.717) is 33.9 Å². The molecule has 2 aromatic heterocycles. The summed E-state index contributed by atoms with van der Waals surface area (Å²) in [5.74, 6) is -0.349. The van der Waals surface area contributed by atoms with Gasteiger partial charge >= 0.3 is 17.1 Å². The number of hydrogen-bond acceptors (Lipinski definition) is 6. The Balaban J connectivity index is 0.000000170. The topological polar surface area (TPSA) is 106 Å². The maximum absolute atomic E-state index is 13.5. The maximum atomic E-state index is 13.5. The first-order valence-corrected chi connectivity index (χ1v) is 20.3. The molecular weight excluding hydrogens is 828 g/mol. The minimum Gasteiger partial charge on any atom is -0.858 e. The number of rotatable bonds is 8. The van der Waals surface area contributed by atoms with Crippen molar-refractivity contribution in [2.75, 3.05) is 0 Å². The average Bonchev–Trinajstić information content (AvgIpc) is 3.80. The monoisotopic (exact) mass is 867 g/mol. The van der Waals surface area contributed by atoms with Gasteiger partial charge in [-0.25, -0.2) is 19.3 Å². The molecule has 10 aromatic rings. The van der Waals surface area contributed by atoms with E-state index in [0.717, 1.165) is 55.4 Å². The van der Waals surface area contributed by atoms with Gasteiger partial charge in [-0.1, -0.05) is 170 Å². The number of hydrogen-bond donors (Lipinski definition) is 0. The third kappa shape index (κ3) is 8.70.